The molecule has 23 heavy (non-hydrogen) atoms. The van der Waals surface area contributed by atoms with Gasteiger partial charge in [-0.15, -0.1) is 11.8 Å². The number of thioether (sulfide) groups is 1. The molecule has 0 saturated carbocycles. The molecule has 1 aromatic carbocycles. The number of unbranched alkanes of at least 4 members (excludes halogenated alkanes) is 3. The highest BCUT2D eigenvalue weighted by atomic mass is 35.5. The molecular weight excluding hydrogens is 328 g/mol. The molecule has 0 bridgehead atoms. The van der Waals surface area contributed by atoms with Gasteiger partial charge in [-0.05, 0) is 29.9 Å². The molecule has 0 unspecified atom stereocenters. The van der Waals surface area contributed by atoms with Gasteiger partial charge >= 0.3 is 0 Å². The van der Waals surface area contributed by atoms with Crippen LogP contribution in [0.15, 0.2) is 34.9 Å². The molecule has 0 fully saturated rings. The van der Waals surface area contributed by atoms with Crippen LogP contribution in [0.4, 0.5) is 0 Å². The Kier molecular flexibility index (Phi) is 7.01. The van der Waals surface area contributed by atoms with Crippen LogP contribution in [-0.2, 0) is 4.79 Å². The number of nitrogens with one attached hydrogen (secondary N) is 1. The van der Waals surface area contributed by atoms with E-state index >= 15 is 0 Å². The van der Waals surface area contributed by atoms with Crippen molar-refractivity contribution in [3.63, 3.8) is 0 Å². The van der Waals surface area contributed by atoms with Crippen LogP contribution < -0.4 is 5.32 Å². The van der Waals surface area contributed by atoms with E-state index in [0.717, 1.165) is 17.7 Å². The monoisotopic (exact) mass is 348 g/mol. The van der Waals surface area contributed by atoms with Crippen molar-refractivity contribution in [3.05, 3.63) is 45.5 Å². The Balaban J connectivity index is 2.16. The molecule has 3 nitrogen and oxygen atoms in total. The molecule has 1 atom stereocenters. The number of allylic oxidation sites excluding steroid dienone is 1. The molecule has 1 amide bonds. The van der Waals surface area contributed by atoms with Crippen molar-refractivity contribution in [1.29, 1.82) is 5.26 Å². The molecule has 0 saturated heterocycles. The molecule has 1 aliphatic rings. The first kappa shape index (κ1) is 17.9. The van der Waals surface area contributed by atoms with Crippen molar-refractivity contribution in [2.24, 2.45) is 0 Å². The maximum absolute atomic E-state index is 12.0. The van der Waals surface area contributed by atoms with E-state index in [2.05, 4.69) is 18.3 Å². The number of halogens is 1. The maximum atomic E-state index is 12.0. The summed E-state index contributed by atoms with van der Waals surface area (Å²) in [6.45, 7) is 2.18. The van der Waals surface area contributed by atoms with Crippen molar-refractivity contribution in [1.82, 2.24) is 5.32 Å². The summed E-state index contributed by atoms with van der Waals surface area (Å²) in [5.41, 5.74) is 1.57. The van der Waals surface area contributed by atoms with Crippen LogP contribution >= 0.6 is 23.4 Å². The summed E-state index contributed by atoms with van der Waals surface area (Å²) >= 11 is 7.63. The van der Waals surface area contributed by atoms with Gasteiger partial charge in [0.05, 0.1) is 16.7 Å². The second kappa shape index (κ2) is 9.00. The first-order chi connectivity index (χ1) is 11.2. The van der Waals surface area contributed by atoms with E-state index < -0.39 is 0 Å². The summed E-state index contributed by atoms with van der Waals surface area (Å²) in [5.74, 6) is 0.680. The topological polar surface area (TPSA) is 52.9 Å². The first-order valence-electron chi connectivity index (χ1n) is 7.98. The van der Waals surface area contributed by atoms with Gasteiger partial charge < -0.3 is 5.32 Å². The molecular formula is C18H21ClN2OS. The highest BCUT2D eigenvalue weighted by Gasteiger charge is 2.29. The van der Waals surface area contributed by atoms with Crippen LogP contribution in [0.25, 0.3) is 0 Å². The molecule has 122 valence electrons. The van der Waals surface area contributed by atoms with E-state index in [0.29, 0.717) is 22.0 Å². The maximum Gasteiger partial charge on any atom is 0.225 e. The zero-order valence-corrected chi connectivity index (χ0v) is 14.8. The first-order valence-corrected chi connectivity index (χ1v) is 9.34. The number of carbonyl (C=O) groups is 1. The Bertz CT molecular complexity index is 636. The Morgan fingerprint density at radius 3 is 2.91 bits per heavy atom. The van der Waals surface area contributed by atoms with Gasteiger partial charge in [0.1, 0.15) is 0 Å². The summed E-state index contributed by atoms with van der Waals surface area (Å²) in [6.07, 6.45) is 5.00. The number of carbonyl (C=O) groups excluding carboxylic acids is 1. The summed E-state index contributed by atoms with van der Waals surface area (Å²) in [7, 11) is 0. The number of benzene rings is 1. The van der Waals surface area contributed by atoms with Crippen LogP contribution in [0.2, 0.25) is 5.02 Å². The number of hydrogen-bond donors (Lipinski definition) is 1. The molecule has 1 aliphatic heterocycles. The predicted octanol–water partition coefficient (Wildman–Crippen LogP) is 4.99. The third-order valence-corrected chi connectivity index (χ3v) is 5.19. The minimum Gasteiger partial charge on any atom is -0.320 e. The minimum absolute atomic E-state index is 0.0370. The Morgan fingerprint density at radius 2 is 2.22 bits per heavy atom. The van der Waals surface area contributed by atoms with Gasteiger partial charge in [0.25, 0.3) is 0 Å². The van der Waals surface area contributed by atoms with Crippen LogP contribution in [0.3, 0.4) is 0 Å². The lowest BCUT2D eigenvalue weighted by Crippen LogP contribution is -2.30. The lowest BCUT2D eigenvalue weighted by atomic mass is 9.87. The molecule has 2 rings (SSSR count). The van der Waals surface area contributed by atoms with E-state index in [1.54, 1.807) is 17.8 Å². The van der Waals surface area contributed by atoms with E-state index in [9.17, 15) is 10.1 Å². The van der Waals surface area contributed by atoms with Crippen LogP contribution in [0.1, 0.15) is 50.5 Å². The van der Waals surface area contributed by atoms with Gasteiger partial charge in [-0.2, -0.15) is 5.26 Å². The Hall–Kier alpha value is -1.44. The van der Waals surface area contributed by atoms with Gasteiger partial charge in [0.2, 0.25) is 5.91 Å². The SMILES string of the molecule is CCCCCCSC1=C(C#N)[C@@H](c2cccc(Cl)c2)CC(=O)N1. The molecule has 1 N–H and O–H groups in total. The number of hydrogen-bond acceptors (Lipinski definition) is 3. The second-order valence-electron chi connectivity index (χ2n) is 5.62. The summed E-state index contributed by atoms with van der Waals surface area (Å²) < 4.78 is 0. The average Bonchev–Trinajstić information content (AvgIpc) is 2.54. The van der Waals surface area contributed by atoms with Gasteiger partial charge in [-0.3, -0.25) is 4.79 Å². The van der Waals surface area contributed by atoms with Crippen LogP contribution in [-0.4, -0.2) is 11.7 Å². The Morgan fingerprint density at radius 1 is 1.39 bits per heavy atom. The largest absolute Gasteiger partial charge is 0.320 e. The number of nitriles is 1. The van der Waals surface area contributed by atoms with E-state index in [1.165, 1.54) is 19.3 Å². The van der Waals surface area contributed by atoms with Crippen LogP contribution in [0.5, 0.6) is 0 Å². The normalized spacial score (nSPS) is 17.8. The average molecular weight is 349 g/mol. The van der Waals surface area contributed by atoms with Crippen molar-refractivity contribution >= 4 is 29.3 Å². The fourth-order valence-corrected chi connectivity index (χ4v) is 3.92. The smallest absolute Gasteiger partial charge is 0.225 e. The highest BCUT2D eigenvalue weighted by Crippen LogP contribution is 2.36. The summed E-state index contributed by atoms with van der Waals surface area (Å²) in [6, 6.07) is 9.72. The zero-order valence-electron chi connectivity index (χ0n) is 13.3. The number of rotatable bonds is 7. The van der Waals surface area contributed by atoms with Crippen LogP contribution in [0, 0.1) is 11.3 Å². The van der Waals surface area contributed by atoms with Gasteiger partial charge in [0.15, 0.2) is 0 Å². The number of nitrogens with zero attached hydrogens (tertiary/aromatic N) is 1. The fourth-order valence-electron chi connectivity index (χ4n) is 2.64. The second-order valence-corrected chi connectivity index (χ2v) is 7.17. The fraction of sp³-hybridized carbons (Fsp3) is 0.444. The van der Waals surface area contributed by atoms with E-state index in [4.69, 9.17) is 11.6 Å². The highest BCUT2D eigenvalue weighted by molar-refractivity contribution is 8.03. The van der Waals surface area contributed by atoms with Gasteiger partial charge in [-0.25, -0.2) is 0 Å². The molecule has 0 aliphatic carbocycles. The Labute approximate surface area is 147 Å². The molecule has 1 heterocycles. The van der Waals surface area contributed by atoms with Crippen molar-refractivity contribution in [3.8, 4) is 6.07 Å². The van der Waals surface area contributed by atoms with Gasteiger partial charge in [-0.1, -0.05) is 49.9 Å². The quantitative estimate of drug-likeness (QED) is 0.706. The zero-order chi connectivity index (χ0) is 16.7. The lowest BCUT2D eigenvalue weighted by Gasteiger charge is -2.25. The number of amides is 1. The standard InChI is InChI=1S/C18H21ClN2OS/c1-2-3-4-5-9-23-18-16(12-20)15(11-17(22)21-18)13-7-6-8-14(19)10-13/h6-8,10,15H,2-5,9,11H2,1H3,(H,21,22)/t15-/m1/s1. The van der Waals surface area contributed by atoms with E-state index in [1.807, 2.05) is 18.2 Å². The summed E-state index contributed by atoms with van der Waals surface area (Å²) in [4.78, 5) is 12.0. The molecule has 5 heteroatoms. The third-order valence-electron chi connectivity index (χ3n) is 3.85. The molecule has 0 spiro atoms. The van der Waals surface area contributed by atoms with E-state index in [-0.39, 0.29) is 11.8 Å². The molecule has 0 aromatic heterocycles. The van der Waals surface area contributed by atoms with Gasteiger partial charge in [0, 0.05) is 17.4 Å². The minimum atomic E-state index is -0.203. The third kappa shape index (κ3) is 5.02. The molecule has 1 aromatic rings. The lowest BCUT2D eigenvalue weighted by molar-refractivity contribution is -0.120. The van der Waals surface area contributed by atoms with Crippen molar-refractivity contribution in [2.75, 3.05) is 5.75 Å². The molecule has 0 radical (unpaired) electrons. The summed E-state index contributed by atoms with van der Waals surface area (Å²) in [5, 5.41) is 13.8. The van der Waals surface area contributed by atoms with Crippen molar-refractivity contribution < 1.29 is 4.79 Å². The van der Waals surface area contributed by atoms with Crippen molar-refractivity contribution in [2.45, 2.75) is 44.9 Å². The predicted molar refractivity (Wildman–Crippen MR) is 96.2 cm³/mol.